The van der Waals surface area contributed by atoms with Gasteiger partial charge in [-0.1, -0.05) is 6.92 Å². The second kappa shape index (κ2) is 6.98. The van der Waals surface area contributed by atoms with Crippen molar-refractivity contribution >= 4 is 33.8 Å². The molecule has 3 rings (SSSR count). The van der Waals surface area contributed by atoms with Crippen molar-refractivity contribution < 1.29 is 27.9 Å². The molecule has 11 heteroatoms. The molecule has 3 heterocycles. The molecule has 2 saturated heterocycles. The van der Waals surface area contributed by atoms with E-state index in [2.05, 4.69) is 0 Å². The quantitative estimate of drug-likeness (QED) is 0.462. The predicted octanol–water partition coefficient (Wildman–Crippen LogP) is 0.0181. The van der Waals surface area contributed by atoms with Crippen molar-refractivity contribution in [2.75, 3.05) is 13.1 Å². The zero-order chi connectivity index (χ0) is 21.2. The van der Waals surface area contributed by atoms with E-state index in [-0.39, 0.29) is 41.9 Å². The van der Waals surface area contributed by atoms with Crippen molar-refractivity contribution in [3.05, 3.63) is 10.6 Å². The molecule has 3 N–H and O–H groups in total. The van der Waals surface area contributed by atoms with E-state index in [0.717, 1.165) is 4.31 Å². The molecule has 158 valence electrons. The maximum absolute atomic E-state index is 12.9. The average molecular weight is 434 g/mol. The topological polar surface area (TPSA) is 130 Å². The average Bonchev–Trinajstić information content (AvgIpc) is 2.68. The molecule has 2 fully saturated rings. The van der Waals surface area contributed by atoms with Gasteiger partial charge in [0.15, 0.2) is 0 Å². The van der Waals surface area contributed by atoms with Gasteiger partial charge < -0.3 is 14.7 Å². The van der Waals surface area contributed by atoms with Gasteiger partial charge in [-0.25, -0.2) is 9.93 Å². The van der Waals surface area contributed by atoms with Crippen LogP contribution in [0.25, 0.3) is 0 Å². The van der Waals surface area contributed by atoms with Crippen LogP contribution in [0.2, 0.25) is 0 Å². The number of nitrogens with two attached hydrogens (primary N) is 1. The van der Waals surface area contributed by atoms with Gasteiger partial charge in [0.1, 0.15) is 11.3 Å². The number of hydrogen-bond acceptors (Lipinski definition) is 7. The summed E-state index contributed by atoms with van der Waals surface area (Å²) in [5.41, 5.74) is -0.506. The molecule has 0 aliphatic carbocycles. The highest BCUT2D eigenvalue weighted by atomic mass is 32.2. The summed E-state index contributed by atoms with van der Waals surface area (Å²) >= 11 is 1.39. The Balaban J connectivity index is 1.87. The number of nitrogens with zero attached hydrogens (tertiary/aromatic N) is 2. The molecule has 0 bridgehead atoms. The first kappa shape index (κ1) is 21.6. The Bertz CT molecular complexity index is 826. The summed E-state index contributed by atoms with van der Waals surface area (Å²) in [7, 11) is -3.72. The zero-order valence-electron chi connectivity index (χ0n) is 16.6. The summed E-state index contributed by atoms with van der Waals surface area (Å²) in [5, 5.41) is 15.1. The van der Waals surface area contributed by atoms with Crippen LogP contribution >= 0.6 is 11.8 Å². The van der Waals surface area contributed by atoms with E-state index in [0.29, 0.717) is 4.91 Å². The van der Waals surface area contributed by atoms with Gasteiger partial charge in [0.05, 0.1) is 18.1 Å². The number of esters is 1. The number of rotatable bonds is 5. The predicted molar refractivity (Wildman–Crippen MR) is 104 cm³/mol. The van der Waals surface area contributed by atoms with Gasteiger partial charge in [-0.3, -0.25) is 4.79 Å². The van der Waals surface area contributed by atoms with Crippen LogP contribution in [0.4, 0.5) is 0 Å². The molecule has 3 aliphatic rings. The molecule has 0 aromatic rings. The second-order valence-corrected chi connectivity index (χ2v) is 11.5. The molecular weight excluding hydrogens is 406 g/mol. The highest BCUT2D eigenvalue weighted by molar-refractivity contribution is 8.04. The van der Waals surface area contributed by atoms with Crippen LogP contribution in [0.1, 0.15) is 34.6 Å². The molecule has 0 saturated carbocycles. The Kier molecular flexibility index (Phi) is 5.37. The van der Waals surface area contributed by atoms with E-state index < -0.39 is 33.8 Å². The Hall–Kier alpha value is -1.14. The molecule has 0 aromatic heterocycles. The third kappa shape index (κ3) is 3.70. The lowest BCUT2D eigenvalue weighted by molar-refractivity contribution is -0.167. The van der Waals surface area contributed by atoms with Gasteiger partial charge >= 0.3 is 5.97 Å². The van der Waals surface area contributed by atoms with Crippen LogP contribution in [0, 0.1) is 11.8 Å². The molecule has 0 unspecified atom stereocenters. The van der Waals surface area contributed by atoms with Crippen LogP contribution in [0.3, 0.4) is 0 Å². The third-order valence-electron chi connectivity index (χ3n) is 5.17. The Morgan fingerprint density at radius 2 is 1.93 bits per heavy atom. The minimum atomic E-state index is -3.72. The van der Waals surface area contributed by atoms with Gasteiger partial charge in [0.2, 0.25) is 5.91 Å². The Morgan fingerprint density at radius 1 is 1.36 bits per heavy atom. The van der Waals surface area contributed by atoms with Crippen LogP contribution < -0.4 is 5.14 Å². The summed E-state index contributed by atoms with van der Waals surface area (Å²) in [6.07, 6.45) is -0.818. The van der Waals surface area contributed by atoms with E-state index in [4.69, 9.17) is 9.88 Å². The molecule has 4 atom stereocenters. The number of thioether (sulfide) groups is 1. The zero-order valence-corrected chi connectivity index (χ0v) is 18.2. The number of amides is 1. The normalized spacial score (nSPS) is 30.0. The monoisotopic (exact) mass is 433 g/mol. The standard InChI is InChI=1S/C17H27N3O6S2/c1-8-12-11(9(2)21)15(22)20(12)13(16(23)26-17(3,4)5)14(8)27-10-6-19(7-10)28(18,24)25/h8-12,21H,6-7H2,1-5H3,(H2,18,24,25)/t8-,9-,11-,12-/m1/s1. The van der Waals surface area contributed by atoms with Crippen molar-refractivity contribution in [1.82, 2.24) is 9.21 Å². The number of carbonyl (C=O) groups excluding carboxylic acids is 2. The van der Waals surface area contributed by atoms with Crippen LogP contribution in [-0.2, 0) is 24.5 Å². The maximum Gasteiger partial charge on any atom is 0.356 e. The molecule has 0 aromatic carbocycles. The number of fused-ring (bicyclic) bond motifs is 1. The lowest BCUT2D eigenvalue weighted by atomic mass is 9.79. The molecule has 0 radical (unpaired) electrons. The molecule has 1 amide bonds. The first-order valence-electron chi connectivity index (χ1n) is 9.15. The fourth-order valence-corrected chi connectivity index (χ4v) is 6.34. The summed E-state index contributed by atoms with van der Waals surface area (Å²) in [6, 6.07) is -0.299. The molecular formula is C17H27N3O6S2. The maximum atomic E-state index is 12.9. The fraction of sp³-hybridized carbons (Fsp3) is 0.765. The number of carbonyl (C=O) groups is 2. The minimum absolute atomic E-state index is 0.0630. The summed E-state index contributed by atoms with van der Waals surface area (Å²) in [5.74, 6) is -1.59. The first-order valence-corrected chi connectivity index (χ1v) is 11.5. The van der Waals surface area contributed by atoms with E-state index in [1.807, 2.05) is 6.92 Å². The van der Waals surface area contributed by atoms with Gasteiger partial charge in [0.25, 0.3) is 10.2 Å². The Morgan fingerprint density at radius 3 is 2.39 bits per heavy atom. The van der Waals surface area contributed by atoms with Crippen molar-refractivity contribution in [3.63, 3.8) is 0 Å². The van der Waals surface area contributed by atoms with Crippen LogP contribution in [-0.4, -0.2) is 70.7 Å². The van der Waals surface area contributed by atoms with Crippen LogP contribution in [0.15, 0.2) is 10.6 Å². The van der Waals surface area contributed by atoms with E-state index in [1.165, 1.54) is 16.7 Å². The summed E-state index contributed by atoms with van der Waals surface area (Å²) in [4.78, 5) is 27.6. The molecule has 0 spiro atoms. The van der Waals surface area contributed by atoms with Crippen LogP contribution in [0.5, 0.6) is 0 Å². The van der Waals surface area contributed by atoms with Gasteiger partial charge in [-0.15, -0.1) is 11.8 Å². The van der Waals surface area contributed by atoms with E-state index in [1.54, 1.807) is 27.7 Å². The lowest BCUT2D eigenvalue weighted by Gasteiger charge is -2.46. The number of aliphatic hydroxyl groups is 1. The second-order valence-electron chi connectivity index (χ2n) is 8.57. The Labute approximate surface area is 169 Å². The number of ether oxygens (including phenoxy) is 1. The number of aliphatic hydroxyl groups excluding tert-OH is 1. The van der Waals surface area contributed by atoms with Gasteiger partial charge in [-0.2, -0.15) is 12.7 Å². The van der Waals surface area contributed by atoms with Gasteiger partial charge in [0, 0.05) is 29.2 Å². The lowest BCUT2D eigenvalue weighted by Crippen LogP contribution is -2.63. The smallest absolute Gasteiger partial charge is 0.356 e. The minimum Gasteiger partial charge on any atom is -0.455 e. The first-order chi connectivity index (χ1) is 12.7. The van der Waals surface area contributed by atoms with Gasteiger partial charge in [-0.05, 0) is 27.7 Å². The van der Waals surface area contributed by atoms with Crippen molar-refractivity contribution in [2.45, 2.75) is 57.6 Å². The summed E-state index contributed by atoms with van der Waals surface area (Å²) in [6.45, 7) is 9.23. The van der Waals surface area contributed by atoms with Crippen molar-refractivity contribution in [2.24, 2.45) is 17.0 Å². The van der Waals surface area contributed by atoms with Crippen molar-refractivity contribution in [1.29, 1.82) is 0 Å². The number of β-lactam (4-membered cyclic amide) rings is 1. The number of hydrogen-bond donors (Lipinski definition) is 2. The SMILES string of the molecule is C[C@@H](O)[C@H]1C(=O)N2C(C(=O)OC(C)(C)C)=C(SC3CN(S(N)(=O)=O)C3)[C@H](C)[C@H]12. The molecule has 3 aliphatic heterocycles. The third-order valence-corrected chi connectivity index (χ3v) is 7.64. The highest BCUT2D eigenvalue weighted by Crippen LogP contribution is 2.52. The van der Waals surface area contributed by atoms with E-state index in [9.17, 15) is 23.1 Å². The fourth-order valence-electron chi connectivity index (χ4n) is 3.86. The highest BCUT2D eigenvalue weighted by Gasteiger charge is 2.60. The molecule has 28 heavy (non-hydrogen) atoms. The summed E-state index contributed by atoms with van der Waals surface area (Å²) < 4.78 is 29.5. The molecule has 9 nitrogen and oxygen atoms in total. The largest absolute Gasteiger partial charge is 0.455 e. The van der Waals surface area contributed by atoms with E-state index >= 15 is 0 Å². The van der Waals surface area contributed by atoms with Crippen molar-refractivity contribution in [3.8, 4) is 0 Å².